The average Bonchev–Trinajstić information content (AvgIpc) is 3.22. The van der Waals surface area contributed by atoms with Crippen molar-refractivity contribution in [2.75, 3.05) is 6.61 Å². The molecule has 2 spiro atoms. The molecule has 1 saturated carbocycles. The van der Waals surface area contributed by atoms with Crippen molar-refractivity contribution < 1.29 is 14.2 Å². The van der Waals surface area contributed by atoms with Gasteiger partial charge in [0, 0.05) is 5.92 Å². The Morgan fingerprint density at radius 3 is 2.67 bits per heavy atom. The lowest BCUT2D eigenvalue weighted by molar-refractivity contribution is -0.140. The fourth-order valence-corrected chi connectivity index (χ4v) is 4.66. The Kier molecular flexibility index (Phi) is 2.03. The maximum Gasteiger partial charge on any atom is 0.153 e. The molecule has 0 unspecified atom stereocenters. The summed E-state index contributed by atoms with van der Waals surface area (Å²) in [5.74, 6) is 1.82. The summed E-state index contributed by atoms with van der Waals surface area (Å²) < 4.78 is 18.2. The van der Waals surface area contributed by atoms with E-state index in [1.54, 1.807) is 0 Å². The lowest BCUT2D eigenvalue weighted by atomic mass is 9.74. The molecule has 3 heteroatoms. The molecule has 0 aromatic rings. The molecule has 100 valence electrons. The maximum atomic E-state index is 6.25. The van der Waals surface area contributed by atoms with Gasteiger partial charge in [-0.05, 0) is 25.2 Å². The van der Waals surface area contributed by atoms with Gasteiger partial charge < -0.3 is 14.2 Å². The van der Waals surface area contributed by atoms with E-state index >= 15 is 0 Å². The van der Waals surface area contributed by atoms with Crippen LogP contribution >= 0.6 is 0 Å². The van der Waals surface area contributed by atoms with Crippen LogP contribution in [-0.4, -0.2) is 36.1 Å². The third-order valence-electron chi connectivity index (χ3n) is 5.73. The van der Waals surface area contributed by atoms with Gasteiger partial charge in [0.2, 0.25) is 0 Å². The van der Waals surface area contributed by atoms with Crippen molar-refractivity contribution in [2.24, 2.45) is 17.8 Å². The van der Waals surface area contributed by atoms with E-state index in [1.165, 1.54) is 6.42 Å². The van der Waals surface area contributed by atoms with Crippen molar-refractivity contribution in [3.63, 3.8) is 0 Å². The summed E-state index contributed by atoms with van der Waals surface area (Å²) >= 11 is 0. The second kappa shape index (κ2) is 3.20. The monoisotopic (exact) mass is 250 g/mol. The zero-order chi connectivity index (χ0) is 12.7. The van der Waals surface area contributed by atoms with Crippen molar-refractivity contribution in [3.8, 4) is 0 Å². The fraction of sp³-hybridized carbons (Fsp3) is 0.867. The molecule has 4 rings (SSSR count). The van der Waals surface area contributed by atoms with Gasteiger partial charge in [0.15, 0.2) is 5.60 Å². The normalized spacial score (nSPS) is 60.6. The van der Waals surface area contributed by atoms with E-state index in [0.717, 1.165) is 6.61 Å². The molecule has 1 aliphatic carbocycles. The molecule has 7 atom stereocenters. The standard InChI is InChI=1S/C15H22O3/c1-5-12-14(7-16-14)15-11(9(4)17-12)6-10(8(2)3)13(15)18-15/h5,8-13H,1,6-7H2,2-4H3/t9-,10-,11+,12+,13-,14+,15+/m1/s1. The second-order valence-corrected chi connectivity index (χ2v) is 6.76. The Labute approximate surface area is 108 Å². The third-order valence-corrected chi connectivity index (χ3v) is 5.73. The van der Waals surface area contributed by atoms with E-state index in [-0.39, 0.29) is 23.4 Å². The lowest BCUT2D eigenvalue weighted by Crippen LogP contribution is -2.57. The van der Waals surface area contributed by atoms with Gasteiger partial charge in [-0.2, -0.15) is 0 Å². The molecule has 4 aliphatic rings. The molecule has 0 aromatic heterocycles. The largest absolute Gasteiger partial charge is 0.368 e. The van der Waals surface area contributed by atoms with Gasteiger partial charge in [-0.25, -0.2) is 0 Å². The summed E-state index contributed by atoms with van der Waals surface area (Å²) in [5.41, 5.74) is -0.265. The van der Waals surface area contributed by atoms with E-state index in [1.807, 2.05) is 6.08 Å². The molecule has 3 saturated heterocycles. The van der Waals surface area contributed by atoms with Crippen molar-refractivity contribution in [2.45, 2.75) is 56.7 Å². The molecular formula is C15H22O3. The maximum absolute atomic E-state index is 6.25. The van der Waals surface area contributed by atoms with Crippen LogP contribution in [0.3, 0.4) is 0 Å². The SMILES string of the molecule is C=C[C@@H]1O[C@H](C)[C@@H]2C[C@H](C(C)C)[C@H]3O[C@]32[C@]12CO2. The summed E-state index contributed by atoms with van der Waals surface area (Å²) in [7, 11) is 0. The highest BCUT2D eigenvalue weighted by Gasteiger charge is 2.87. The zero-order valence-electron chi connectivity index (χ0n) is 11.4. The molecule has 0 bridgehead atoms. The van der Waals surface area contributed by atoms with Crippen molar-refractivity contribution in [1.82, 2.24) is 0 Å². The molecule has 0 aromatic carbocycles. The molecule has 4 fully saturated rings. The van der Waals surface area contributed by atoms with Crippen molar-refractivity contribution in [1.29, 1.82) is 0 Å². The number of epoxide rings is 2. The number of rotatable bonds is 2. The van der Waals surface area contributed by atoms with E-state index < -0.39 is 0 Å². The van der Waals surface area contributed by atoms with Gasteiger partial charge in [0.1, 0.15) is 11.7 Å². The molecule has 3 heterocycles. The lowest BCUT2D eigenvalue weighted by Gasteiger charge is -2.41. The van der Waals surface area contributed by atoms with Crippen LogP contribution in [0.25, 0.3) is 0 Å². The third kappa shape index (κ3) is 1.04. The van der Waals surface area contributed by atoms with Gasteiger partial charge in [-0.15, -0.1) is 6.58 Å². The van der Waals surface area contributed by atoms with Gasteiger partial charge in [0.25, 0.3) is 0 Å². The average molecular weight is 250 g/mol. The van der Waals surface area contributed by atoms with E-state index in [2.05, 4.69) is 27.4 Å². The van der Waals surface area contributed by atoms with Crippen LogP contribution in [-0.2, 0) is 14.2 Å². The summed E-state index contributed by atoms with van der Waals surface area (Å²) in [6.07, 6.45) is 3.75. The van der Waals surface area contributed by atoms with Crippen LogP contribution in [0.1, 0.15) is 27.2 Å². The highest BCUT2D eigenvalue weighted by Crippen LogP contribution is 2.71. The topological polar surface area (TPSA) is 34.3 Å². The van der Waals surface area contributed by atoms with Crippen LogP contribution in [0, 0.1) is 17.8 Å². The molecule has 3 aliphatic heterocycles. The highest BCUT2D eigenvalue weighted by molar-refractivity contribution is 5.35. The Morgan fingerprint density at radius 1 is 1.39 bits per heavy atom. The zero-order valence-corrected chi connectivity index (χ0v) is 11.4. The minimum atomic E-state index is -0.208. The molecule has 3 nitrogen and oxygen atoms in total. The molecular weight excluding hydrogens is 228 g/mol. The van der Waals surface area contributed by atoms with Crippen LogP contribution in [0.15, 0.2) is 12.7 Å². The Hall–Kier alpha value is -0.380. The number of hydrogen-bond acceptors (Lipinski definition) is 3. The van der Waals surface area contributed by atoms with Gasteiger partial charge in [0.05, 0.1) is 18.8 Å². The van der Waals surface area contributed by atoms with Crippen LogP contribution in [0.2, 0.25) is 0 Å². The molecule has 0 N–H and O–H groups in total. The first-order valence-electron chi connectivity index (χ1n) is 7.16. The quantitative estimate of drug-likeness (QED) is 0.556. The van der Waals surface area contributed by atoms with Gasteiger partial charge >= 0.3 is 0 Å². The molecule has 0 amide bonds. The van der Waals surface area contributed by atoms with E-state index in [9.17, 15) is 0 Å². The Bertz CT molecular complexity index is 401. The van der Waals surface area contributed by atoms with E-state index in [4.69, 9.17) is 14.2 Å². The van der Waals surface area contributed by atoms with Crippen LogP contribution in [0.5, 0.6) is 0 Å². The van der Waals surface area contributed by atoms with Gasteiger partial charge in [-0.3, -0.25) is 0 Å². The molecule has 18 heavy (non-hydrogen) atoms. The van der Waals surface area contributed by atoms with Crippen LogP contribution in [0.4, 0.5) is 0 Å². The smallest absolute Gasteiger partial charge is 0.153 e. The van der Waals surface area contributed by atoms with E-state index in [0.29, 0.717) is 23.9 Å². The number of hydrogen-bond donors (Lipinski definition) is 0. The summed E-state index contributed by atoms with van der Waals surface area (Å²) in [4.78, 5) is 0. The predicted octanol–water partition coefficient (Wildman–Crippen LogP) is 2.16. The number of ether oxygens (including phenoxy) is 3. The first-order chi connectivity index (χ1) is 8.57. The molecule has 0 radical (unpaired) electrons. The summed E-state index contributed by atoms with van der Waals surface area (Å²) in [6, 6.07) is 0. The summed E-state index contributed by atoms with van der Waals surface area (Å²) in [6.45, 7) is 11.5. The van der Waals surface area contributed by atoms with Crippen molar-refractivity contribution in [3.05, 3.63) is 12.7 Å². The van der Waals surface area contributed by atoms with Crippen LogP contribution < -0.4 is 0 Å². The predicted molar refractivity (Wildman–Crippen MR) is 67.3 cm³/mol. The Balaban J connectivity index is 1.74. The first kappa shape index (κ1) is 11.4. The minimum Gasteiger partial charge on any atom is -0.368 e. The highest BCUT2D eigenvalue weighted by atomic mass is 16.7. The Morgan fingerprint density at radius 2 is 2.11 bits per heavy atom. The van der Waals surface area contributed by atoms with Crippen molar-refractivity contribution >= 4 is 0 Å². The van der Waals surface area contributed by atoms with Gasteiger partial charge in [-0.1, -0.05) is 19.9 Å². The minimum absolute atomic E-state index is 0.000313. The summed E-state index contributed by atoms with van der Waals surface area (Å²) in [5, 5.41) is 0. The fourth-order valence-electron chi connectivity index (χ4n) is 4.66. The second-order valence-electron chi connectivity index (χ2n) is 6.76. The first-order valence-corrected chi connectivity index (χ1v) is 7.16.